The van der Waals surface area contributed by atoms with Crippen LogP contribution in [0.3, 0.4) is 0 Å². The molecule has 2 aromatic rings. The lowest BCUT2D eigenvalue weighted by Crippen LogP contribution is -2.16. The Morgan fingerprint density at radius 1 is 1.31 bits per heavy atom. The normalized spacial score (nSPS) is 17.3. The molecule has 2 N–H and O–H groups in total. The molecule has 1 heterocycles. The second-order valence-electron chi connectivity index (χ2n) is 4.43. The van der Waals surface area contributed by atoms with Gasteiger partial charge in [-0.1, -0.05) is 18.2 Å². The maximum Gasteiger partial charge on any atom is 0.143 e. The molecule has 0 spiro atoms. The summed E-state index contributed by atoms with van der Waals surface area (Å²) in [6, 6.07) is 8.04. The highest BCUT2D eigenvalue weighted by molar-refractivity contribution is 5.56. The van der Waals surface area contributed by atoms with Crippen molar-refractivity contribution in [1.82, 2.24) is 14.8 Å². The van der Waals surface area contributed by atoms with E-state index in [2.05, 4.69) is 16.3 Å². The number of aryl methyl sites for hydroxylation is 1. The zero-order valence-corrected chi connectivity index (χ0v) is 9.22. The Hall–Kier alpha value is -1.84. The molecule has 0 unspecified atom stereocenters. The predicted molar refractivity (Wildman–Crippen MR) is 61.9 cm³/mol. The lowest BCUT2D eigenvalue weighted by Gasteiger charge is -2.16. The summed E-state index contributed by atoms with van der Waals surface area (Å²) >= 11 is 0. The van der Waals surface area contributed by atoms with Crippen molar-refractivity contribution in [3.8, 4) is 0 Å². The largest absolute Gasteiger partial charge is 0.398 e. The SMILES string of the molecule is Cn1cnnc1C1(c2ccccc2N)CC1. The van der Waals surface area contributed by atoms with Gasteiger partial charge in [0, 0.05) is 12.7 Å². The molecule has 1 fully saturated rings. The molecule has 1 aliphatic rings. The van der Waals surface area contributed by atoms with Crippen LogP contribution in [-0.4, -0.2) is 14.8 Å². The maximum atomic E-state index is 6.05. The number of benzene rings is 1. The first-order valence-electron chi connectivity index (χ1n) is 5.43. The number of aromatic nitrogens is 3. The summed E-state index contributed by atoms with van der Waals surface area (Å²) in [6.45, 7) is 0. The van der Waals surface area contributed by atoms with Crippen LogP contribution in [0.1, 0.15) is 24.2 Å². The van der Waals surface area contributed by atoms with Crippen LogP contribution in [0.5, 0.6) is 0 Å². The second-order valence-corrected chi connectivity index (χ2v) is 4.43. The number of rotatable bonds is 2. The quantitative estimate of drug-likeness (QED) is 0.770. The summed E-state index contributed by atoms with van der Waals surface area (Å²) in [5.74, 6) is 1.02. The molecule has 0 saturated heterocycles. The number of para-hydroxylation sites is 1. The number of anilines is 1. The van der Waals surface area contributed by atoms with Gasteiger partial charge in [-0.3, -0.25) is 0 Å². The summed E-state index contributed by atoms with van der Waals surface area (Å²) < 4.78 is 1.99. The molecule has 0 bridgehead atoms. The zero-order chi connectivity index (χ0) is 11.2. The molecule has 0 aliphatic heterocycles. The van der Waals surface area contributed by atoms with Gasteiger partial charge in [0.25, 0.3) is 0 Å². The fraction of sp³-hybridized carbons (Fsp3) is 0.333. The Bertz CT molecular complexity index is 525. The van der Waals surface area contributed by atoms with Crippen molar-refractivity contribution < 1.29 is 0 Å². The van der Waals surface area contributed by atoms with Crippen molar-refractivity contribution in [1.29, 1.82) is 0 Å². The molecule has 16 heavy (non-hydrogen) atoms. The molecular weight excluding hydrogens is 200 g/mol. The van der Waals surface area contributed by atoms with Crippen LogP contribution in [0.4, 0.5) is 5.69 Å². The molecule has 0 radical (unpaired) electrons. The van der Waals surface area contributed by atoms with E-state index >= 15 is 0 Å². The molecule has 4 heteroatoms. The van der Waals surface area contributed by atoms with Crippen molar-refractivity contribution >= 4 is 5.69 Å². The van der Waals surface area contributed by atoms with Crippen LogP contribution < -0.4 is 5.73 Å². The van der Waals surface area contributed by atoms with Gasteiger partial charge in [-0.2, -0.15) is 0 Å². The summed E-state index contributed by atoms with van der Waals surface area (Å²) in [7, 11) is 1.98. The van der Waals surface area contributed by atoms with Gasteiger partial charge < -0.3 is 10.3 Å². The van der Waals surface area contributed by atoms with E-state index in [-0.39, 0.29) is 5.41 Å². The Kier molecular flexibility index (Phi) is 1.80. The van der Waals surface area contributed by atoms with E-state index in [1.807, 2.05) is 29.8 Å². The molecule has 1 saturated carbocycles. The minimum atomic E-state index is 0.0105. The van der Waals surface area contributed by atoms with Gasteiger partial charge in [0.1, 0.15) is 12.2 Å². The van der Waals surface area contributed by atoms with Crippen molar-refractivity contribution in [3.05, 3.63) is 42.0 Å². The summed E-state index contributed by atoms with van der Waals surface area (Å²) in [4.78, 5) is 0. The summed E-state index contributed by atoms with van der Waals surface area (Å²) in [6.07, 6.45) is 3.95. The van der Waals surface area contributed by atoms with Gasteiger partial charge in [-0.15, -0.1) is 10.2 Å². The van der Waals surface area contributed by atoms with Crippen LogP contribution in [0.25, 0.3) is 0 Å². The highest BCUT2D eigenvalue weighted by atomic mass is 15.3. The first-order valence-corrected chi connectivity index (χ1v) is 5.43. The lowest BCUT2D eigenvalue weighted by molar-refractivity contribution is 0.693. The second kappa shape index (κ2) is 3.07. The molecule has 0 amide bonds. The van der Waals surface area contributed by atoms with Crippen LogP contribution in [0.2, 0.25) is 0 Å². The molecule has 3 rings (SSSR count). The highest BCUT2D eigenvalue weighted by Gasteiger charge is 2.50. The van der Waals surface area contributed by atoms with Crippen LogP contribution in [-0.2, 0) is 12.5 Å². The minimum absolute atomic E-state index is 0.0105. The van der Waals surface area contributed by atoms with Crippen molar-refractivity contribution in [3.63, 3.8) is 0 Å². The van der Waals surface area contributed by atoms with Gasteiger partial charge in [-0.05, 0) is 24.5 Å². The first-order chi connectivity index (χ1) is 7.74. The van der Waals surface area contributed by atoms with Gasteiger partial charge in [0.2, 0.25) is 0 Å². The Morgan fingerprint density at radius 2 is 2.06 bits per heavy atom. The third-order valence-corrected chi connectivity index (χ3v) is 3.37. The third-order valence-electron chi connectivity index (χ3n) is 3.37. The van der Waals surface area contributed by atoms with E-state index in [0.29, 0.717) is 0 Å². The minimum Gasteiger partial charge on any atom is -0.398 e. The monoisotopic (exact) mass is 214 g/mol. The van der Waals surface area contributed by atoms with E-state index in [1.165, 1.54) is 5.56 Å². The van der Waals surface area contributed by atoms with E-state index in [9.17, 15) is 0 Å². The molecular formula is C12H14N4. The number of nitrogens with two attached hydrogens (primary N) is 1. The van der Waals surface area contributed by atoms with Crippen molar-refractivity contribution in [2.24, 2.45) is 7.05 Å². The number of nitrogen functional groups attached to an aromatic ring is 1. The van der Waals surface area contributed by atoms with E-state index in [0.717, 1.165) is 24.4 Å². The number of hydrogen-bond donors (Lipinski definition) is 1. The van der Waals surface area contributed by atoms with Crippen LogP contribution >= 0.6 is 0 Å². The van der Waals surface area contributed by atoms with Gasteiger partial charge in [-0.25, -0.2) is 0 Å². The molecule has 1 aromatic heterocycles. The smallest absolute Gasteiger partial charge is 0.143 e. The van der Waals surface area contributed by atoms with Gasteiger partial charge in [0.15, 0.2) is 0 Å². The van der Waals surface area contributed by atoms with Crippen molar-refractivity contribution in [2.75, 3.05) is 5.73 Å². The number of nitrogens with zero attached hydrogens (tertiary/aromatic N) is 3. The average molecular weight is 214 g/mol. The van der Waals surface area contributed by atoms with Crippen LogP contribution in [0, 0.1) is 0 Å². The molecule has 4 nitrogen and oxygen atoms in total. The van der Waals surface area contributed by atoms with Gasteiger partial charge in [0.05, 0.1) is 5.41 Å². The van der Waals surface area contributed by atoms with E-state index < -0.39 is 0 Å². The van der Waals surface area contributed by atoms with E-state index in [1.54, 1.807) is 6.33 Å². The molecule has 0 atom stereocenters. The average Bonchev–Trinajstić information content (AvgIpc) is 2.96. The lowest BCUT2D eigenvalue weighted by atomic mass is 9.93. The fourth-order valence-electron chi connectivity index (χ4n) is 2.39. The molecule has 1 aromatic carbocycles. The zero-order valence-electron chi connectivity index (χ0n) is 9.22. The van der Waals surface area contributed by atoms with Crippen molar-refractivity contribution in [2.45, 2.75) is 18.3 Å². The highest BCUT2D eigenvalue weighted by Crippen LogP contribution is 2.54. The van der Waals surface area contributed by atoms with E-state index in [4.69, 9.17) is 5.73 Å². The topological polar surface area (TPSA) is 56.7 Å². The predicted octanol–water partition coefficient (Wildman–Crippen LogP) is 1.48. The summed E-state index contributed by atoms with van der Waals surface area (Å²) in [5.41, 5.74) is 8.09. The molecule has 82 valence electrons. The first kappa shape index (κ1) is 9.39. The molecule has 1 aliphatic carbocycles. The fourth-order valence-corrected chi connectivity index (χ4v) is 2.39. The summed E-state index contributed by atoms with van der Waals surface area (Å²) in [5, 5.41) is 8.18. The number of hydrogen-bond acceptors (Lipinski definition) is 3. The maximum absolute atomic E-state index is 6.05. The van der Waals surface area contributed by atoms with Crippen LogP contribution in [0.15, 0.2) is 30.6 Å². The Balaban J connectivity index is 2.14. The Morgan fingerprint density at radius 3 is 2.62 bits per heavy atom. The Labute approximate surface area is 94.1 Å². The van der Waals surface area contributed by atoms with Gasteiger partial charge >= 0.3 is 0 Å². The standard InChI is InChI=1S/C12H14N4/c1-16-8-14-15-11(16)12(6-7-12)9-4-2-3-5-10(9)13/h2-5,8H,6-7,13H2,1H3. The third kappa shape index (κ3) is 1.16.